The molecule has 2 nitrogen and oxygen atoms in total. The van der Waals surface area contributed by atoms with Crippen molar-refractivity contribution in [3.63, 3.8) is 0 Å². The fourth-order valence-corrected chi connectivity index (χ4v) is 7.94. The lowest BCUT2D eigenvalue weighted by atomic mass is 9.93. The van der Waals surface area contributed by atoms with Crippen molar-refractivity contribution in [2.75, 3.05) is 4.90 Å². The molecule has 9 aromatic carbocycles. The van der Waals surface area contributed by atoms with Crippen LogP contribution in [0.2, 0.25) is 0 Å². The SMILES string of the molecule is c1ccc(-n2c3ccccc3c3cc(-c4ccccc4-c4cccc(N(c5ccc6ccccc6c5)c5cccc6ccccc56)c4)ccc32)cc1. The third kappa shape index (κ3) is 5.04. The first kappa shape index (κ1) is 30.0. The van der Waals surface area contributed by atoms with Crippen molar-refractivity contribution in [1.82, 2.24) is 4.57 Å². The zero-order valence-electron chi connectivity index (χ0n) is 28.5. The van der Waals surface area contributed by atoms with Gasteiger partial charge in [-0.05, 0) is 99.1 Å². The molecule has 2 heteroatoms. The van der Waals surface area contributed by atoms with Crippen molar-refractivity contribution in [1.29, 1.82) is 0 Å². The lowest BCUT2D eigenvalue weighted by Gasteiger charge is -2.28. The number of aromatic nitrogens is 1. The second kappa shape index (κ2) is 12.5. The van der Waals surface area contributed by atoms with E-state index in [1.165, 1.54) is 71.3 Å². The van der Waals surface area contributed by atoms with Crippen molar-refractivity contribution in [3.05, 3.63) is 206 Å². The summed E-state index contributed by atoms with van der Waals surface area (Å²) in [6.45, 7) is 0. The highest BCUT2D eigenvalue weighted by Crippen LogP contribution is 2.43. The zero-order chi connectivity index (χ0) is 34.4. The van der Waals surface area contributed by atoms with Crippen LogP contribution in [0.15, 0.2) is 206 Å². The van der Waals surface area contributed by atoms with E-state index in [-0.39, 0.29) is 0 Å². The minimum atomic E-state index is 1.11. The Hall–Kier alpha value is -6.90. The Morgan fingerprint density at radius 1 is 0.327 bits per heavy atom. The fourth-order valence-electron chi connectivity index (χ4n) is 7.94. The van der Waals surface area contributed by atoms with Crippen LogP contribution in [0.3, 0.4) is 0 Å². The number of benzene rings is 9. The van der Waals surface area contributed by atoms with Crippen LogP contribution in [0.1, 0.15) is 0 Å². The maximum Gasteiger partial charge on any atom is 0.0541 e. The fraction of sp³-hybridized carbons (Fsp3) is 0. The molecular formula is C50H34N2. The maximum atomic E-state index is 2.41. The van der Waals surface area contributed by atoms with Crippen molar-refractivity contribution >= 4 is 60.4 Å². The smallest absolute Gasteiger partial charge is 0.0541 e. The van der Waals surface area contributed by atoms with Gasteiger partial charge in [-0.15, -0.1) is 0 Å². The summed E-state index contributed by atoms with van der Waals surface area (Å²) in [7, 11) is 0. The van der Waals surface area contributed by atoms with Gasteiger partial charge in [-0.3, -0.25) is 0 Å². The largest absolute Gasteiger partial charge is 0.310 e. The summed E-state index contributed by atoms with van der Waals surface area (Å²) in [5.74, 6) is 0. The molecule has 0 radical (unpaired) electrons. The Morgan fingerprint density at radius 3 is 1.79 bits per heavy atom. The average molecular weight is 663 g/mol. The topological polar surface area (TPSA) is 8.17 Å². The number of para-hydroxylation sites is 2. The monoisotopic (exact) mass is 662 g/mol. The summed E-state index contributed by atoms with van der Waals surface area (Å²) in [4.78, 5) is 2.41. The molecule has 0 spiro atoms. The first-order valence-corrected chi connectivity index (χ1v) is 17.9. The van der Waals surface area contributed by atoms with E-state index in [0.717, 1.165) is 17.1 Å². The van der Waals surface area contributed by atoms with E-state index >= 15 is 0 Å². The molecule has 1 aromatic heterocycles. The minimum absolute atomic E-state index is 1.11. The predicted octanol–water partition coefficient (Wildman–Crippen LogP) is 13.9. The lowest BCUT2D eigenvalue weighted by Crippen LogP contribution is -2.10. The molecule has 10 aromatic rings. The minimum Gasteiger partial charge on any atom is -0.310 e. The third-order valence-electron chi connectivity index (χ3n) is 10.3. The zero-order valence-corrected chi connectivity index (χ0v) is 28.5. The van der Waals surface area contributed by atoms with Crippen molar-refractivity contribution in [3.8, 4) is 27.9 Å². The number of fused-ring (bicyclic) bond motifs is 5. The van der Waals surface area contributed by atoms with E-state index in [0.29, 0.717) is 0 Å². The number of hydrogen-bond acceptors (Lipinski definition) is 1. The third-order valence-corrected chi connectivity index (χ3v) is 10.3. The van der Waals surface area contributed by atoms with Crippen LogP contribution in [0, 0.1) is 0 Å². The van der Waals surface area contributed by atoms with Gasteiger partial charge in [-0.25, -0.2) is 0 Å². The van der Waals surface area contributed by atoms with Gasteiger partial charge >= 0.3 is 0 Å². The molecule has 0 aliphatic carbocycles. The number of anilines is 3. The molecule has 0 aliphatic rings. The van der Waals surface area contributed by atoms with Gasteiger partial charge in [-0.1, -0.05) is 146 Å². The highest BCUT2D eigenvalue weighted by molar-refractivity contribution is 6.11. The van der Waals surface area contributed by atoms with Crippen molar-refractivity contribution in [2.45, 2.75) is 0 Å². The molecule has 0 fully saturated rings. The van der Waals surface area contributed by atoms with E-state index in [1.54, 1.807) is 0 Å². The molecule has 0 aliphatic heterocycles. The van der Waals surface area contributed by atoms with Crippen LogP contribution in [0.5, 0.6) is 0 Å². The lowest BCUT2D eigenvalue weighted by molar-refractivity contribution is 1.18. The molecule has 0 unspecified atom stereocenters. The van der Waals surface area contributed by atoms with Gasteiger partial charge in [0, 0.05) is 33.2 Å². The molecule has 10 rings (SSSR count). The molecule has 0 saturated heterocycles. The Bertz CT molecular complexity index is 2910. The van der Waals surface area contributed by atoms with Crippen LogP contribution < -0.4 is 4.90 Å². The Balaban J connectivity index is 1.14. The predicted molar refractivity (Wildman–Crippen MR) is 221 cm³/mol. The normalized spacial score (nSPS) is 11.5. The summed E-state index contributed by atoms with van der Waals surface area (Å²) in [6.07, 6.45) is 0. The van der Waals surface area contributed by atoms with Gasteiger partial charge in [-0.2, -0.15) is 0 Å². The highest BCUT2D eigenvalue weighted by atomic mass is 15.1. The first-order valence-electron chi connectivity index (χ1n) is 17.9. The molecule has 0 N–H and O–H groups in total. The van der Waals surface area contributed by atoms with Gasteiger partial charge in [0.15, 0.2) is 0 Å². The average Bonchev–Trinajstić information content (AvgIpc) is 3.55. The van der Waals surface area contributed by atoms with E-state index < -0.39 is 0 Å². The summed E-state index contributed by atoms with van der Waals surface area (Å²) >= 11 is 0. The Labute approximate surface area is 303 Å². The van der Waals surface area contributed by atoms with Gasteiger partial charge in [0.1, 0.15) is 0 Å². The van der Waals surface area contributed by atoms with Crippen LogP contribution in [-0.4, -0.2) is 4.57 Å². The number of hydrogen-bond donors (Lipinski definition) is 0. The van der Waals surface area contributed by atoms with Crippen LogP contribution in [0.4, 0.5) is 17.1 Å². The van der Waals surface area contributed by atoms with E-state index in [9.17, 15) is 0 Å². The number of rotatable bonds is 6. The summed E-state index contributed by atoms with van der Waals surface area (Å²) < 4.78 is 2.37. The summed E-state index contributed by atoms with van der Waals surface area (Å²) in [6, 6.07) is 74.7. The van der Waals surface area contributed by atoms with E-state index in [1.807, 2.05) is 0 Å². The quantitative estimate of drug-likeness (QED) is 0.172. The molecule has 0 saturated carbocycles. The van der Waals surface area contributed by atoms with Gasteiger partial charge in [0.25, 0.3) is 0 Å². The molecule has 52 heavy (non-hydrogen) atoms. The molecule has 0 bridgehead atoms. The second-order valence-electron chi connectivity index (χ2n) is 13.4. The van der Waals surface area contributed by atoms with E-state index in [2.05, 4.69) is 216 Å². The van der Waals surface area contributed by atoms with Crippen LogP contribution in [-0.2, 0) is 0 Å². The Kier molecular flexibility index (Phi) is 7.18. The van der Waals surface area contributed by atoms with E-state index in [4.69, 9.17) is 0 Å². The molecule has 244 valence electrons. The van der Waals surface area contributed by atoms with Crippen LogP contribution in [0.25, 0.3) is 71.3 Å². The number of nitrogens with zero attached hydrogens (tertiary/aromatic N) is 2. The van der Waals surface area contributed by atoms with Gasteiger partial charge < -0.3 is 9.47 Å². The van der Waals surface area contributed by atoms with Crippen molar-refractivity contribution < 1.29 is 0 Å². The van der Waals surface area contributed by atoms with Crippen LogP contribution >= 0.6 is 0 Å². The molecular weight excluding hydrogens is 629 g/mol. The summed E-state index contributed by atoms with van der Waals surface area (Å²) in [5.41, 5.74) is 11.8. The Morgan fingerprint density at radius 2 is 0.942 bits per heavy atom. The standard InChI is InChI=1S/C50H34N2/c1-2-19-40(20-3-1)52-49-26-11-10-25-46(49)47-34-39(29-31-50(47)52)44-23-9-8-22-43(44)38-18-12-21-41(33-38)51(42-30-28-35-14-4-5-16-37(35)32-42)48-27-13-17-36-15-6-7-24-45(36)48/h1-34H. The first-order chi connectivity index (χ1) is 25.8. The highest BCUT2D eigenvalue weighted by Gasteiger charge is 2.18. The van der Waals surface area contributed by atoms with Gasteiger partial charge in [0.2, 0.25) is 0 Å². The van der Waals surface area contributed by atoms with Gasteiger partial charge in [0.05, 0.1) is 16.7 Å². The summed E-state index contributed by atoms with van der Waals surface area (Å²) in [5, 5.41) is 7.39. The second-order valence-corrected chi connectivity index (χ2v) is 13.4. The van der Waals surface area contributed by atoms with Crippen molar-refractivity contribution in [2.24, 2.45) is 0 Å². The molecule has 0 atom stereocenters. The maximum absolute atomic E-state index is 2.41. The molecule has 0 amide bonds. The molecule has 1 heterocycles.